The van der Waals surface area contributed by atoms with Crippen LogP contribution >= 0.6 is 0 Å². The quantitative estimate of drug-likeness (QED) is 0.740. The molecule has 1 unspecified atom stereocenters. The number of benzene rings is 1. The van der Waals surface area contributed by atoms with Gasteiger partial charge in [-0.1, -0.05) is 0 Å². The molecule has 3 aromatic rings. The molecule has 1 aromatic carbocycles. The minimum Gasteiger partial charge on any atom is -0.497 e. The third-order valence-corrected chi connectivity index (χ3v) is 4.31. The third kappa shape index (κ3) is 2.83. The molecule has 0 radical (unpaired) electrons. The molecule has 4 rings (SSSR count). The van der Waals surface area contributed by atoms with Crippen LogP contribution < -0.4 is 15.0 Å². The summed E-state index contributed by atoms with van der Waals surface area (Å²) < 4.78 is 6.56. The fourth-order valence-electron chi connectivity index (χ4n) is 3.02. The van der Waals surface area contributed by atoms with Crippen molar-refractivity contribution in [1.82, 2.24) is 25.4 Å². The topological polar surface area (TPSA) is 102 Å². The molecule has 132 valence electrons. The maximum atomic E-state index is 12.6. The Labute approximate surface area is 148 Å². The highest BCUT2D eigenvalue weighted by molar-refractivity contribution is 6.01. The number of ether oxygens (including phenoxy) is 1. The minimum absolute atomic E-state index is 0.0391. The normalized spacial score (nSPS) is 16.9. The van der Waals surface area contributed by atoms with E-state index in [2.05, 4.69) is 20.8 Å². The van der Waals surface area contributed by atoms with E-state index in [1.54, 1.807) is 42.5 Å². The number of anilines is 1. The number of hydrogen-bond donors (Lipinski definition) is 1. The van der Waals surface area contributed by atoms with E-state index >= 15 is 0 Å². The molecule has 1 fully saturated rings. The number of tetrazole rings is 1. The van der Waals surface area contributed by atoms with Crippen LogP contribution in [0, 0.1) is 0 Å². The maximum absolute atomic E-state index is 12.6. The molecule has 0 saturated carbocycles. The van der Waals surface area contributed by atoms with Crippen molar-refractivity contribution in [2.45, 2.75) is 12.5 Å². The summed E-state index contributed by atoms with van der Waals surface area (Å²) in [6, 6.07) is 10.3. The van der Waals surface area contributed by atoms with Crippen molar-refractivity contribution < 1.29 is 14.3 Å². The molecule has 1 aliphatic rings. The van der Waals surface area contributed by atoms with Gasteiger partial charge in [0, 0.05) is 24.8 Å². The second-order valence-corrected chi connectivity index (χ2v) is 5.95. The summed E-state index contributed by atoms with van der Waals surface area (Å²) in [6.45, 7) is 0.408. The zero-order valence-electron chi connectivity index (χ0n) is 14.0. The Morgan fingerprint density at radius 1 is 1.27 bits per heavy atom. The first-order valence-corrected chi connectivity index (χ1v) is 8.07. The van der Waals surface area contributed by atoms with Crippen molar-refractivity contribution in [3.63, 3.8) is 0 Å². The van der Waals surface area contributed by atoms with Crippen LogP contribution in [-0.2, 0) is 4.79 Å². The lowest BCUT2D eigenvalue weighted by molar-refractivity contribution is -0.117. The van der Waals surface area contributed by atoms with Crippen molar-refractivity contribution in [3.8, 4) is 5.75 Å². The van der Waals surface area contributed by atoms with Gasteiger partial charge in [-0.25, -0.2) is 0 Å². The predicted octanol–water partition coefficient (Wildman–Crippen LogP) is 0.668. The van der Waals surface area contributed by atoms with E-state index in [0.29, 0.717) is 17.8 Å². The summed E-state index contributed by atoms with van der Waals surface area (Å²) in [5.41, 5.74) is 1.52. The SMILES string of the molecule is COc1ccc(N2CC(NC(=O)c3cccn4nnnc34)CC2=O)cc1. The zero-order valence-corrected chi connectivity index (χ0v) is 14.0. The Kier molecular flexibility index (Phi) is 3.96. The number of rotatable bonds is 4. The van der Waals surface area contributed by atoms with Crippen LogP contribution in [-0.4, -0.2) is 51.6 Å². The standard InChI is InChI=1S/C17H16N6O3/c1-26-13-6-4-12(5-7-13)22-10-11(9-15(22)24)18-17(25)14-3-2-8-23-16(14)19-20-21-23/h2-8,11H,9-10H2,1H3,(H,18,25). The van der Waals surface area contributed by atoms with Crippen molar-refractivity contribution in [2.75, 3.05) is 18.6 Å². The molecule has 2 amide bonds. The van der Waals surface area contributed by atoms with Gasteiger partial charge in [-0.3, -0.25) is 9.59 Å². The van der Waals surface area contributed by atoms with Gasteiger partial charge in [0.2, 0.25) is 5.91 Å². The number of methoxy groups -OCH3 is 1. The van der Waals surface area contributed by atoms with E-state index in [4.69, 9.17) is 4.74 Å². The molecular formula is C17H16N6O3. The fraction of sp³-hybridized carbons (Fsp3) is 0.235. The Morgan fingerprint density at radius 3 is 2.85 bits per heavy atom. The number of nitrogens with one attached hydrogen (secondary N) is 1. The second kappa shape index (κ2) is 6.43. The van der Waals surface area contributed by atoms with Crippen LogP contribution in [0.5, 0.6) is 5.75 Å². The number of nitrogens with zero attached hydrogens (tertiary/aromatic N) is 5. The van der Waals surface area contributed by atoms with Gasteiger partial charge >= 0.3 is 0 Å². The van der Waals surface area contributed by atoms with Crippen molar-refractivity contribution >= 4 is 23.1 Å². The number of amides is 2. The number of pyridine rings is 1. The largest absolute Gasteiger partial charge is 0.497 e. The van der Waals surface area contributed by atoms with E-state index in [0.717, 1.165) is 11.4 Å². The van der Waals surface area contributed by atoms with Crippen LogP contribution in [0.15, 0.2) is 42.6 Å². The highest BCUT2D eigenvalue weighted by Crippen LogP contribution is 2.24. The Hall–Kier alpha value is -3.49. The van der Waals surface area contributed by atoms with E-state index < -0.39 is 0 Å². The van der Waals surface area contributed by atoms with Gasteiger partial charge in [-0.2, -0.15) is 4.52 Å². The first-order valence-electron chi connectivity index (χ1n) is 8.07. The lowest BCUT2D eigenvalue weighted by Crippen LogP contribution is -2.37. The van der Waals surface area contributed by atoms with Gasteiger partial charge in [-0.15, -0.1) is 5.10 Å². The maximum Gasteiger partial charge on any atom is 0.255 e. The number of carbonyl (C=O) groups excluding carboxylic acids is 2. The summed E-state index contributed by atoms with van der Waals surface area (Å²) in [6.07, 6.45) is 1.91. The number of fused-ring (bicyclic) bond motifs is 1. The van der Waals surface area contributed by atoms with Gasteiger partial charge < -0.3 is 15.0 Å². The molecule has 9 nitrogen and oxygen atoms in total. The van der Waals surface area contributed by atoms with Crippen LogP contribution in [0.2, 0.25) is 0 Å². The van der Waals surface area contributed by atoms with Crippen LogP contribution in [0.4, 0.5) is 5.69 Å². The first kappa shape index (κ1) is 16.0. The average molecular weight is 352 g/mol. The molecule has 1 saturated heterocycles. The van der Waals surface area contributed by atoms with Gasteiger partial charge in [0.15, 0.2) is 5.65 Å². The summed E-state index contributed by atoms with van der Waals surface area (Å²) in [4.78, 5) is 26.6. The molecule has 1 atom stereocenters. The van der Waals surface area contributed by atoms with Crippen molar-refractivity contribution in [1.29, 1.82) is 0 Å². The Bertz CT molecular complexity index is 968. The highest BCUT2D eigenvalue weighted by Gasteiger charge is 2.32. The van der Waals surface area contributed by atoms with Gasteiger partial charge in [-0.05, 0) is 46.8 Å². The van der Waals surface area contributed by atoms with E-state index in [1.165, 1.54) is 4.52 Å². The van der Waals surface area contributed by atoms with Crippen LogP contribution in [0.25, 0.3) is 5.65 Å². The molecule has 9 heteroatoms. The summed E-state index contributed by atoms with van der Waals surface area (Å²) in [5.74, 6) is 0.378. The van der Waals surface area contributed by atoms with E-state index in [9.17, 15) is 9.59 Å². The molecule has 26 heavy (non-hydrogen) atoms. The van der Waals surface area contributed by atoms with Gasteiger partial charge in [0.25, 0.3) is 5.91 Å². The smallest absolute Gasteiger partial charge is 0.255 e. The van der Waals surface area contributed by atoms with Crippen LogP contribution in [0.1, 0.15) is 16.8 Å². The predicted molar refractivity (Wildman–Crippen MR) is 92.0 cm³/mol. The second-order valence-electron chi connectivity index (χ2n) is 5.95. The molecule has 1 aliphatic heterocycles. The van der Waals surface area contributed by atoms with Gasteiger partial charge in [0.1, 0.15) is 5.75 Å². The number of aromatic nitrogens is 4. The molecule has 2 aromatic heterocycles. The highest BCUT2D eigenvalue weighted by atomic mass is 16.5. The Morgan fingerprint density at radius 2 is 2.08 bits per heavy atom. The summed E-state index contributed by atoms with van der Waals surface area (Å²) in [5, 5.41) is 14.1. The van der Waals surface area contributed by atoms with Crippen molar-refractivity contribution in [2.24, 2.45) is 0 Å². The summed E-state index contributed by atoms with van der Waals surface area (Å²) in [7, 11) is 1.59. The lowest BCUT2D eigenvalue weighted by Gasteiger charge is -2.17. The summed E-state index contributed by atoms with van der Waals surface area (Å²) >= 11 is 0. The molecule has 0 bridgehead atoms. The molecule has 0 aliphatic carbocycles. The number of hydrogen-bond acceptors (Lipinski definition) is 6. The molecule has 3 heterocycles. The van der Waals surface area contributed by atoms with E-state index in [1.807, 2.05) is 12.1 Å². The lowest BCUT2D eigenvalue weighted by atomic mass is 10.2. The zero-order chi connectivity index (χ0) is 18.1. The third-order valence-electron chi connectivity index (χ3n) is 4.31. The van der Waals surface area contributed by atoms with Crippen LogP contribution in [0.3, 0.4) is 0 Å². The van der Waals surface area contributed by atoms with Gasteiger partial charge in [0.05, 0.1) is 18.7 Å². The monoisotopic (exact) mass is 352 g/mol. The Balaban J connectivity index is 1.48. The average Bonchev–Trinajstić information content (AvgIpc) is 3.28. The minimum atomic E-state index is -0.306. The molecule has 1 N–H and O–H groups in total. The first-order chi connectivity index (χ1) is 12.7. The number of carbonyl (C=O) groups is 2. The molecular weight excluding hydrogens is 336 g/mol. The van der Waals surface area contributed by atoms with E-state index in [-0.39, 0.29) is 24.3 Å². The molecule has 0 spiro atoms. The van der Waals surface area contributed by atoms with Crippen molar-refractivity contribution in [3.05, 3.63) is 48.2 Å². The fourth-order valence-corrected chi connectivity index (χ4v) is 3.02.